The fraction of sp³-hybridized carbons (Fsp3) is 0.208. The first-order valence-corrected chi connectivity index (χ1v) is 13.0. The Hall–Kier alpha value is -2.52. The second-order valence-electron chi connectivity index (χ2n) is 6.93. The number of para-hydroxylation sites is 1. The molecule has 0 aliphatic carbocycles. The van der Waals surface area contributed by atoms with Crippen molar-refractivity contribution in [2.24, 2.45) is 0 Å². The van der Waals surface area contributed by atoms with Crippen LogP contribution in [-0.2, 0) is 14.8 Å². The molecule has 0 bridgehead atoms. The van der Waals surface area contributed by atoms with Crippen molar-refractivity contribution in [3.05, 3.63) is 77.8 Å². The molecule has 3 aromatic carbocycles. The van der Waals surface area contributed by atoms with E-state index in [4.69, 9.17) is 16.3 Å². The van der Waals surface area contributed by atoms with E-state index in [2.05, 4.69) is 5.32 Å². The summed E-state index contributed by atoms with van der Waals surface area (Å²) in [4.78, 5) is 14.5. The van der Waals surface area contributed by atoms with E-state index in [9.17, 15) is 13.2 Å². The number of anilines is 1. The van der Waals surface area contributed by atoms with Crippen molar-refractivity contribution in [1.82, 2.24) is 4.31 Å². The van der Waals surface area contributed by atoms with E-state index in [1.807, 2.05) is 54.6 Å². The average molecular weight is 505 g/mol. The normalized spacial score (nSPS) is 11.4. The maximum absolute atomic E-state index is 12.7. The van der Waals surface area contributed by atoms with Crippen LogP contribution in [-0.4, -0.2) is 38.3 Å². The molecule has 1 amide bonds. The summed E-state index contributed by atoms with van der Waals surface area (Å²) >= 11 is 7.79. The molecule has 0 fully saturated rings. The number of amides is 1. The Bertz CT molecular complexity index is 1200. The van der Waals surface area contributed by atoms with Gasteiger partial charge in [0.25, 0.3) is 5.91 Å². The largest absolute Gasteiger partial charge is 0.482 e. The molecule has 1 N–H and O–H groups in total. The van der Waals surface area contributed by atoms with Crippen molar-refractivity contribution in [2.45, 2.75) is 28.5 Å². The van der Waals surface area contributed by atoms with Crippen LogP contribution in [0.15, 0.2) is 87.5 Å². The van der Waals surface area contributed by atoms with Gasteiger partial charge in [0.05, 0.1) is 15.6 Å². The summed E-state index contributed by atoms with van der Waals surface area (Å²) in [6.07, 6.45) is 0. The van der Waals surface area contributed by atoms with Crippen LogP contribution in [0.3, 0.4) is 0 Å². The summed E-state index contributed by atoms with van der Waals surface area (Å²) < 4.78 is 32.2. The smallest absolute Gasteiger partial charge is 0.262 e. The lowest BCUT2D eigenvalue weighted by atomic mass is 10.3. The number of ether oxygens (including phenoxy) is 1. The lowest BCUT2D eigenvalue weighted by molar-refractivity contribution is -0.118. The Balaban J connectivity index is 1.65. The van der Waals surface area contributed by atoms with Gasteiger partial charge in [-0.2, -0.15) is 4.31 Å². The van der Waals surface area contributed by atoms with Gasteiger partial charge < -0.3 is 10.1 Å². The molecule has 0 heterocycles. The molecule has 3 aromatic rings. The van der Waals surface area contributed by atoms with E-state index >= 15 is 0 Å². The van der Waals surface area contributed by atoms with E-state index in [0.29, 0.717) is 18.8 Å². The maximum Gasteiger partial charge on any atom is 0.262 e. The predicted octanol–water partition coefficient (Wildman–Crippen LogP) is 5.54. The number of rotatable bonds is 10. The topological polar surface area (TPSA) is 75.7 Å². The minimum Gasteiger partial charge on any atom is -0.482 e. The van der Waals surface area contributed by atoms with Crippen LogP contribution in [0.4, 0.5) is 5.69 Å². The average Bonchev–Trinajstić information content (AvgIpc) is 2.81. The van der Waals surface area contributed by atoms with Gasteiger partial charge in [-0.3, -0.25) is 4.79 Å². The van der Waals surface area contributed by atoms with E-state index in [1.165, 1.54) is 22.5 Å². The quantitative estimate of drug-likeness (QED) is 0.392. The lowest BCUT2D eigenvalue weighted by Gasteiger charge is -2.19. The van der Waals surface area contributed by atoms with Gasteiger partial charge in [0.15, 0.2) is 6.61 Å². The second kappa shape index (κ2) is 11.6. The van der Waals surface area contributed by atoms with E-state index in [0.717, 1.165) is 9.79 Å². The summed E-state index contributed by atoms with van der Waals surface area (Å²) in [6.45, 7) is 3.99. The molecule has 174 valence electrons. The Morgan fingerprint density at radius 2 is 1.67 bits per heavy atom. The van der Waals surface area contributed by atoms with Crippen LogP contribution < -0.4 is 10.1 Å². The summed E-state index contributed by atoms with van der Waals surface area (Å²) in [5.41, 5.74) is 0.673. The molecule has 0 radical (unpaired) electrons. The Labute approximate surface area is 204 Å². The molecule has 6 nitrogen and oxygen atoms in total. The standard InChI is InChI=1S/C24H25ClN2O4S2/c1-3-27(4-2)33(29,30)19-14-15-22(20(25)16-19)31-17-24(28)26-21-12-8-9-13-23(21)32-18-10-6-5-7-11-18/h5-16H,3-4,17H2,1-2H3,(H,26,28). The third kappa shape index (κ3) is 6.51. The van der Waals surface area contributed by atoms with Gasteiger partial charge in [-0.15, -0.1) is 0 Å². The van der Waals surface area contributed by atoms with Crippen LogP contribution in [0.5, 0.6) is 5.75 Å². The molecule has 0 aromatic heterocycles. The maximum atomic E-state index is 12.7. The second-order valence-corrected chi connectivity index (χ2v) is 10.4. The molecule has 0 saturated heterocycles. The van der Waals surface area contributed by atoms with Gasteiger partial charge >= 0.3 is 0 Å². The van der Waals surface area contributed by atoms with Gasteiger partial charge in [-0.25, -0.2) is 8.42 Å². The van der Waals surface area contributed by atoms with Crippen molar-refractivity contribution < 1.29 is 17.9 Å². The summed E-state index contributed by atoms with van der Waals surface area (Å²) in [6, 6.07) is 21.6. The zero-order valence-corrected chi connectivity index (χ0v) is 20.7. The monoisotopic (exact) mass is 504 g/mol. The van der Waals surface area contributed by atoms with Crippen molar-refractivity contribution in [1.29, 1.82) is 0 Å². The SMILES string of the molecule is CCN(CC)S(=O)(=O)c1ccc(OCC(=O)Nc2ccccc2Sc2ccccc2)c(Cl)c1. The zero-order chi connectivity index (χ0) is 23.8. The van der Waals surface area contributed by atoms with E-state index in [1.54, 1.807) is 25.6 Å². The number of carbonyl (C=O) groups is 1. The Morgan fingerprint density at radius 1 is 1.00 bits per heavy atom. The minimum absolute atomic E-state index is 0.0832. The lowest BCUT2D eigenvalue weighted by Crippen LogP contribution is -2.30. The molecule has 0 spiro atoms. The molecular weight excluding hydrogens is 480 g/mol. The highest BCUT2D eigenvalue weighted by Gasteiger charge is 2.22. The third-order valence-electron chi connectivity index (χ3n) is 4.74. The van der Waals surface area contributed by atoms with Crippen molar-refractivity contribution in [3.8, 4) is 5.75 Å². The van der Waals surface area contributed by atoms with Gasteiger partial charge in [-0.05, 0) is 42.5 Å². The molecule has 0 aliphatic rings. The van der Waals surface area contributed by atoms with Crippen LogP contribution in [0, 0.1) is 0 Å². The molecule has 0 unspecified atom stereocenters. The van der Waals surface area contributed by atoms with Crippen LogP contribution in [0.2, 0.25) is 5.02 Å². The highest BCUT2D eigenvalue weighted by molar-refractivity contribution is 7.99. The number of carbonyl (C=O) groups excluding carboxylic acids is 1. The number of nitrogens with one attached hydrogen (secondary N) is 1. The minimum atomic E-state index is -3.63. The number of hydrogen-bond donors (Lipinski definition) is 1. The fourth-order valence-electron chi connectivity index (χ4n) is 3.08. The molecule has 3 rings (SSSR count). The van der Waals surface area contributed by atoms with Crippen molar-refractivity contribution >= 4 is 45.0 Å². The molecular formula is C24H25ClN2O4S2. The van der Waals surface area contributed by atoms with Gasteiger partial charge in [0.1, 0.15) is 5.75 Å². The van der Waals surface area contributed by atoms with Crippen LogP contribution in [0.25, 0.3) is 0 Å². The number of halogens is 1. The molecule has 0 aliphatic heterocycles. The number of hydrogen-bond acceptors (Lipinski definition) is 5. The van der Waals surface area contributed by atoms with Gasteiger partial charge in [0, 0.05) is 22.9 Å². The number of nitrogens with zero attached hydrogens (tertiary/aromatic N) is 1. The fourth-order valence-corrected chi connectivity index (χ4v) is 5.78. The number of sulfonamides is 1. The van der Waals surface area contributed by atoms with Crippen LogP contribution in [0.1, 0.15) is 13.8 Å². The predicted molar refractivity (Wildman–Crippen MR) is 133 cm³/mol. The van der Waals surface area contributed by atoms with Crippen molar-refractivity contribution in [3.63, 3.8) is 0 Å². The highest BCUT2D eigenvalue weighted by atomic mass is 35.5. The van der Waals surface area contributed by atoms with Crippen LogP contribution >= 0.6 is 23.4 Å². The first-order valence-electron chi connectivity index (χ1n) is 10.4. The molecule has 0 atom stereocenters. The van der Waals surface area contributed by atoms with Gasteiger partial charge in [0.2, 0.25) is 10.0 Å². The van der Waals surface area contributed by atoms with Crippen molar-refractivity contribution in [2.75, 3.05) is 25.0 Å². The van der Waals surface area contributed by atoms with E-state index < -0.39 is 10.0 Å². The summed E-state index contributed by atoms with van der Waals surface area (Å²) in [7, 11) is -3.63. The van der Waals surface area contributed by atoms with Gasteiger partial charge in [-0.1, -0.05) is 67.5 Å². The molecule has 0 saturated carbocycles. The molecule has 9 heteroatoms. The first-order chi connectivity index (χ1) is 15.8. The first kappa shape index (κ1) is 25.1. The summed E-state index contributed by atoms with van der Waals surface area (Å²) in [5.74, 6) is -0.121. The highest BCUT2D eigenvalue weighted by Crippen LogP contribution is 2.33. The zero-order valence-electron chi connectivity index (χ0n) is 18.3. The summed E-state index contributed by atoms with van der Waals surface area (Å²) in [5, 5.41) is 2.98. The number of benzene rings is 3. The Morgan fingerprint density at radius 3 is 2.33 bits per heavy atom. The molecule has 33 heavy (non-hydrogen) atoms. The Kier molecular flexibility index (Phi) is 8.80. The van der Waals surface area contributed by atoms with E-state index in [-0.39, 0.29) is 28.2 Å². The third-order valence-corrected chi connectivity index (χ3v) is 8.16.